The van der Waals surface area contributed by atoms with Crippen molar-refractivity contribution in [1.82, 2.24) is 5.32 Å². The minimum absolute atomic E-state index is 0.458. The predicted octanol–water partition coefficient (Wildman–Crippen LogP) is 3.65. The molecule has 0 saturated carbocycles. The molecule has 1 saturated heterocycles. The molecule has 17 heavy (non-hydrogen) atoms. The number of nitrogens with one attached hydrogen (secondary N) is 1. The molecule has 1 heteroatoms. The fourth-order valence-electron chi connectivity index (χ4n) is 2.54. The van der Waals surface area contributed by atoms with Gasteiger partial charge in [0.25, 0.3) is 0 Å². The van der Waals surface area contributed by atoms with Crippen molar-refractivity contribution in [2.75, 3.05) is 13.1 Å². The molecule has 2 rings (SSSR count). The zero-order chi connectivity index (χ0) is 12.4. The normalized spacial score (nSPS) is 18.8. The van der Waals surface area contributed by atoms with Gasteiger partial charge in [-0.2, -0.15) is 0 Å². The molecule has 0 spiro atoms. The van der Waals surface area contributed by atoms with Crippen molar-refractivity contribution in [3.05, 3.63) is 35.9 Å². The van der Waals surface area contributed by atoms with Gasteiger partial charge in [-0.15, -0.1) is 0 Å². The largest absolute Gasteiger partial charge is 0.316 e. The third-order valence-corrected chi connectivity index (χ3v) is 3.83. The maximum absolute atomic E-state index is 3.46. The van der Waals surface area contributed by atoms with E-state index in [1.165, 1.54) is 37.9 Å². The van der Waals surface area contributed by atoms with E-state index < -0.39 is 0 Å². The minimum Gasteiger partial charge on any atom is -0.316 e. The van der Waals surface area contributed by atoms with Crippen LogP contribution in [0.2, 0.25) is 0 Å². The number of benzene rings is 1. The highest BCUT2D eigenvalue weighted by molar-refractivity contribution is 5.18. The first-order valence-corrected chi connectivity index (χ1v) is 6.74. The highest BCUT2D eigenvalue weighted by Gasteiger charge is 2.37. The van der Waals surface area contributed by atoms with Crippen molar-refractivity contribution in [3.8, 4) is 0 Å². The molecular weight excluding hydrogens is 206 g/mol. The number of rotatable bonds is 4. The molecule has 1 aliphatic heterocycles. The topological polar surface area (TPSA) is 12.0 Å². The molecule has 1 fully saturated rings. The van der Waals surface area contributed by atoms with Gasteiger partial charge in [0, 0.05) is 13.1 Å². The fourth-order valence-corrected chi connectivity index (χ4v) is 2.54. The van der Waals surface area contributed by atoms with Gasteiger partial charge < -0.3 is 5.32 Å². The van der Waals surface area contributed by atoms with Crippen LogP contribution in [0.4, 0.5) is 0 Å². The van der Waals surface area contributed by atoms with Gasteiger partial charge in [0.05, 0.1) is 0 Å². The third-order valence-electron chi connectivity index (χ3n) is 3.83. The average Bonchev–Trinajstić information content (AvgIpc) is 2.22. The first-order valence-electron chi connectivity index (χ1n) is 6.74. The quantitative estimate of drug-likeness (QED) is 0.834. The summed E-state index contributed by atoms with van der Waals surface area (Å²) >= 11 is 0. The summed E-state index contributed by atoms with van der Waals surface area (Å²) in [7, 11) is 0. The Hall–Kier alpha value is -0.820. The number of hydrogen-bond acceptors (Lipinski definition) is 1. The molecule has 0 aliphatic carbocycles. The first kappa shape index (κ1) is 12.6. The lowest BCUT2D eigenvalue weighted by Gasteiger charge is -2.44. The summed E-state index contributed by atoms with van der Waals surface area (Å²) in [6.45, 7) is 9.41. The van der Waals surface area contributed by atoms with Crippen LogP contribution in [0.15, 0.2) is 30.3 Å². The van der Waals surface area contributed by atoms with E-state index in [1.807, 2.05) is 0 Å². The molecule has 94 valence electrons. The van der Waals surface area contributed by atoms with Gasteiger partial charge in [-0.25, -0.2) is 0 Å². The highest BCUT2D eigenvalue weighted by atomic mass is 15.0. The van der Waals surface area contributed by atoms with Gasteiger partial charge >= 0.3 is 0 Å². The van der Waals surface area contributed by atoms with Gasteiger partial charge in [-0.3, -0.25) is 0 Å². The van der Waals surface area contributed by atoms with Gasteiger partial charge in [-0.1, -0.05) is 51.1 Å². The monoisotopic (exact) mass is 231 g/mol. The van der Waals surface area contributed by atoms with Crippen molar-refractivity contribution < 1.29 is 0 Å². The molecule has 0 aromatic heterocycles. The molecule has 1 aliphatic rings. The lowest BCUT2D eigenvalue weighted by Crippen LogP contribution is -2.54. The Morgan fingerprint density at radius 3 is 2.24 bits per heavy atom. The first-order chi connectivity index (χ1) is 7.99. The average molecular weight is 231 g/mol. The van der Waals surface area contributed by atoms with E-state index in [1.54, 1.807) is 0 Å². The molecular formula is C16H25N. The summed E-state index contributed by atoms with van der Waals surface area (Å²) in [6.07, 6.45) is 3.90. The summed E-state index contributed by atoms with van der Waals surface area (Å²) in [6, 6.07) is 10.9. The minimum atomic E-state index is 0.458. The van der Waals surface area contributed by atoms with Crippen molar-refractivity contribution in [2.45, 2.75) is 40.0 Å². The molecule has 1 aromatic rings. The molecule has 0 atom stereocenters. The molecule has 0 radical (unpaired) electrons. The lowest BCUT2D eigenvalue weighted by molar-refractivity contribution is 0.128. The van der Waals surface area contributed by atoms with E-state index in [0.717, 1.165) is 0 Å². The van der Waals surface area contributed by atoms with Crippen LogP contribution in [-0.4, -0.2) is 13.1 Å². The SMILES string of the molecule is CC(C)(C)CCC1(Cc2ccccc2)CNC1. The van der Waals surface area contributed by atoms with E-state index in [4.69, 9.17) is 0 Å². The van der Waals surface area contributed by atoms with Crippen molar-refractivity contribution in [1.29, 1.82) is 0 Å². The summed E-state index contributed by atoms with van der Waals surface area (Å²) in [5, 5.41) is 3.46. The van der Waals surface area contributed by atoms with E-state index in [-0.39, 0.29) is 0 Å². The summed E-state index contributed by atoms with van der Waals surface area (Å²) in [4.78, 5) is 0. The molecule has 1 N–H and O–H groups in total. The smallest absolute Gasteiger partial charge is 0.00234 e. The van der Waals surface area contributed by atoms with Crippen LogP contribution in [0.5, 0.6) is 0 Å². The standard InChI is InChI=1S/C16H25N/c1-15(2,3)9-10-16(12-17-13-16)11-14-7-5-4-6-8-14/h4-8,17H,9-13H2,1-3H3. The summed E-state index contributed by atoms with van der Waals surface area (Å²) < 4.78 is 0. The van der Waals surface area contributed by atoms with Crippen LogP contribution in [0, 0.1) is 10.8 Å². The van der Waals surface area contributed by atoms with Gasteiger partial charge in [0.1, 0.15) is 0 Å². The Morgan fingerprint density at radius 2 is 1.76 bits per heavy atom. The molecule has 0 bridgehead atoms. The summed E-state index contributed by atoms with van der Waals surface area (Å²) in [5.41, 5.74) is 2.47. The summed E-state index contributed by atoms with van der Waals surface area (Å²) in [5.74, 6) is 0. The Kier molecular flexibility index (Phi) is 3.58. The second-order valence-electron chi connectivity index (χ2n) is 6.83. The Balaban J connectivity index is 1.96. The van der Waals surface area contributed by atoms with E-state index in [9.17, 15) is 0 Å². The van der Waals surface area contributed by atoms with Crippen molar-refractivity contribution >= 4 is 0 Å². The van der Waals surface area contributed by atoms with E-state index in [0.29, 0.717) is 10.8 Å². The van der Waals surface area contributed by atoms with Crippen LogP contribution in [0.25, 0.3) is 0 Å². The zero-order valence-electron chi connectivity index (χ0n) is 11.4. The lowest BCUT2D eigenvalue weighted by atomic mass is 9.70. The van der Waals surface area contributed by atoms with Crippen LogP contribution < -0.4 is 5.32 Å². The van der Waals surface area contributed by atoms with Crippen molar-refractivity contribution in [3.63, 3.8) is 0 Å². The third kappa shape index (κ3) is 3.57. The maximum Gasteiger partial charge on any atom is 0.00234 e. The second-order valence-corrected chi connectivity index (χ2v) is 6.83. The molecule has 0 amide bonds. The van der Waals surface area contributed by atoms with E-state index in [2.05, 4.69) is 56.4 Å². The second kappa shape index (κ2) is 4.81. The van der Waals surface area contributed by atoms with Crippen LogP contribution in [0.3, 0.4) is 0 Å². The van der Waals surface area contributed by atoms with Gasteiger partial charge in [0.2, 0.25) is 0 Å². The molecule has 1 nitrogen and oxygen atoms in total. The highest BCUT2D eigenvalue weighted by Crippen LogP contribution is 2.36. The molecule has 1 heterocycles. The van der Waals surface area contributed by atoms with E-state index >= 15 is 0 Å². The van der Waals surface area contributed by atoms with Gasteiger partial charge in [0.15, 0.2) is 0 Å². The van der Waals surface area contributed by atoms with Crippen LogP contribution in [-0.2, 0) is 6.42 Å². The van der Waals surface area contributed by atoms with Crippen LogP contribution >= 0.6 is 0 Å². The molecule has 1 aromatic carbocycles. The Morgan fingerprint density at radius 1 is 1.12 bits per heavy atom. The maximum atomic E-state index is 3.46. The number of hydrogen-bond donors (Lipinski definition) is 1. The molecule has 0 unspecified atom stereocenters. The van der Waals surface area contributed by atoms with Crippen LogP contribution in [0.1, 0.15) is 39.2 Å². The fraction of sp³-hybridized carbons (Fsp3) is 0.625. The Bertz CT molecular complexity index is 344. The zero-order valence-corrected chi connectivity index (χ0v) is 11.4. The predicted molar refractivity (Wildman–Crippen MR) is 74.1 cm³/mol. The van der Waals surface area contributed by atoms with Crippen molar-refractivity contribution in [2.24, 2.45) is 10.8 Å². The van der Waals surface area contributed by atoms with Gasteiger partial charge in [-0.05, 0) is 35.7 Å². The Labute approximate surface area is 106 Å².